The van der Waals surface area contributed by atoms with E-state index >= 15 is 0 Å². The lowest BCUT2D eigenvalue weighted by Gasteiger charge is -2.20. The number of rotatable bonds is 4. The van der Waals surface area contributed by atoms with Crippen molar-refractivity contribution in [2.75, 3.05) is 11.4 Å². The topological polar surface area (TPSA) is 75.0 Å². The molecule has 0 spiro atoms. The number of nitrogens with zero attached hydrogens (tertiary/aromatic N) is 3. The predicted octanol–water partition coefficient (Wildman–Crippen LogP) is 4.62. The van der Waals surface area contributed by atoms with Gasteiger partial charge in [0, 0.05) is 36.0 Å². The largest absolute Gasteiger partial charge is 0.361 e. The third-order valence-corrected chi connectivity index (χ3v) is 5.75. The number of halogens is 1. The molecule has 0 bridgehead atoms. The van der Waals surface area contributed by atoms with Crippen molar-refractivity contribution in [3.8, 4) is 0 Å². The van der Waals surface area contributed by atoms with Crippen LogP contribution in [0.1, 0.15) is 35.2 Å². The molecule has 2 aromatic carbocycles. The van der Waals surface area contributed by atoms with E-state index in [1.807, 2.05) is 43.5 Å². The minimum atomic E-state index is -0.112. The first-order valence-electron chi connectivity index (χ1n) is 9.53. The zero-order chi connectivity index (χ0) is 20.0. The molecule has 1 atom stereocenters. The van der Waals surface area contributed by atoms with E-state index in [1.54, 1.807) is 11.0 Å². The van der Waals surface area contributed by atoms with Crippen LogP contribution in [0.2, 0.25) is 5.02 Å². The number of carbonyl (C=O) groups excluding carboxylic acids is 1. The standard InChI is InChI=1S/C22H19ClN4O2/c1-13-5-4-7-17(23)21(13)27-12-15(10-20(27)28)22-25-19(29-26-22)9-14-11-24-18-8-3-2-6-16(14)18/h2-8,11,15,24H,9-10,12H2,1H3. The molecule has 3 heterocycles. The molecule has 1 N–H and O–H groups in total. The van der Waals surface area contributed by atoms with Crippen LogP contribution in [0.3, 0.4) is 0 Å². The van der Waals surface area contributed by atoms with Crippen molar-refractivity contribution in [3.05, 3.63) is 76.5 Å². The van der Waals surface area contributed by atoms with E-state index < -0.39 is 0 Å². The van der Waals surface area contributed by atoms with Gasteiger partial charge in [0.1, 0.15) is 0 Å². The van der Waals surface area contributed by atoms with E-state index in [2.05, 4.69) is 21.2 Å². The first kappa shape index (κ1) is 17.9. The molecule has 1 aliphatic heterocycles. The molecule has 0 radical (unpaired) electrons. The number of aromatic nitrogens is 3. The van der Waals surface area contributed by atoms with Gasteiger partial charge in [0.15, 0.2) is 5.82 Å². The second-order valence-corrected chi connectivity index (χ2v) is 7.80. The van der Waals surface area contributed by atoms with Crippen molar-refractivity contribution in [1.29, 1.82) is 0 Å². The summed E-state index contributed by atoms with van der Waals surface area (Å²) in [4.78, 5) is 22.2. The maximum atomic E-state index is 12.6. The molecule has 7 heteroatoms. The quantitative estimate of drug-likeness (QED) is 0.536. The SMILES string of the molecule is Cc1cccc(Cl)c1N1CC(c2noc(Cc3c[nH]c4ccccc34)n2)CC1=O. The average Bonchev–Trinajstić information content (AvgIpc) is 3.42. The lowest BCUT2D eigenvalue weighted by Crippen LogP contribution is -2.25. The Morgan fingerprint density at radius 3 is 2.97 bits per heavy atom. The number of para-hydroxylation sites is 2. The van der Waals surface area contributed by atoms with E-state index in [1.165, 1.54) is 0 Å². The fourth-order valence-corrected chi connectivity index (χ4v) is 4.33. The van der Waals surface area contributed by atoms with Crippen LogP contribution in [0.4, 0.5) is 5.69 Å². The zero-order valence-corrected chi connectivity index (χ0v) is 16.6. The number of hydrogen-bond acceptors (Lipinski definition) is 4. The number of fused-ring (bicyclic) bond motifs is 1. The van der Waals surface area contributed by atoms with Crippen LogP contribution in [0.15, 0.2) is 53.2 Å². The second kappa shape index (κ2) is 7.04. The van der Waals surface area contributed by atoms with Crippen molar-refractivity contribution < 1.29 is 9.32 Å². The van der Waals surface area contributed by atoms with Crippen molar-refractivity contribution >= 4 is 34.1 Å². The average molecular weight is 407 g/mol. The number of carbonyl (C=O) groups is 1. The van der Waals surface area contributed by atoms with Gasteiger partial charge < -0.3 is 14.4 Å². The van der Waals surface area contributed by atoms with Crippen LogP contribution < -0.4 is 4.90 Å². The summed E-state index contributed by atoms with van der Waals surface area (Å²) in [5, 5.41) is 5.88. The first-order valence-corrected chi connectivity index (χ1v) is 9.91. The van der Waals surface area contributed by atoms with E-state index in [4.69, 9.17) is 16.1 Å². The normalized spacial score (nSPS) is 16.8. The Morgan fingerprint density at radius 1 is 1.24 bits per heavy atom. The lowest BCUT2D eigenvalue weighted by atomic mass is 10.1. The number of aromatic amines is 1. The number of anilines is 1. The Kier molecular flexibility index (Phi) is 4.36. The number of hydrogen-bond donors (Lipinski definition) is 1. The third kappa shape index (κ3) is 3.19. The van der Waals surface area contributed by atoms with Gasteiger partial charge in [-0.25, -0.2) is 0 Å². The minimum absolute atomic E-state index is 0.0224. The maximum Gasteiger partial charge on any atom is 0.231 e. The molecule has 146 valence electrons. The molecule has 5 rings (SSSR count). The summed E-state index contributed by atoms with van der Waals surface area (Å²) in [6.45, 7) is 2.45. The Morgan fingerprint density at radius 2 is 2.10 bits per heavy atom. The van der Waals surface area contributed by atoms with Gasteiger partial charge in [-0.1, -0.05) is 47.1 Å². The summed E-state index contributed by atoms with van der Waals surface area (Å²) >= 11 is 6.35. The Bertz CT molecular complexity index is 1190. The summed E-state index contributed by atoms with van der Waals surface area (Å²) < 4.78 is 5.49. The van der Waals surface area contributed by atoms with Gasteiger partial charge in [-0.3, -0.25) is 4.79 Å². The zero-order valence-electron chi connectivity index (χ0n) is 15.9. The molecule has 1 amide bonds. The highest BCUT2D eigenvalue weighted by Crippen LogP contribution is 2.36. The van der Waals surface area contributed by atoms with E-state index in [9.17, 15) is 4.79 Å². The Hall–Kier alpha value is -3.12. The molecule has 1 fully saturated rings. The molecule has 1 aliphatic rings. The smallest absolute Gasteiger partial charge is 0.231 e. The molecule has 6 nitrogen and oxygen atoms in total. The minimum Gasteiger partial charge on any atom is -0.361 e. The highest BCUT2D eigenvalue weighted by atomic mass is 35.5. The summed E-state index contributed by atoms with van der Waals surface area (Å²) in [5.74, 6) is 1.03. The van der Waals surface area contributed by atoms with E-state index in [0.717, 1.165) is 27.7 Å². The Balaban J connectivity index is 1.36. The fraction of sp³-hybridized carbons (Fsp3) is 0.227. The van der Waals surface area contributed by atoms with Gasteiger partial charge in [0.05, 0.1) is 17.1 Å². The number of amides is 1. The molecular weight excluding hydrogens is 388 g/mol. The summed E-state index contributed by atoms with van der Waals surface area (Å²) in [5.41, 5.74) is 3.92. The van der Waals surface area contributed by atoms with Gasteiger partial charge in [-0.05, 0) is 30.2 Å². The first-order chi connectivity index (χ1) is 14.1. The predicted molar refractivity (Wildman–Crippen MR) is 111 cm³/mol. The van der Waals surface area contributed by atoms with Crippen LogP contribution in [0.5, 0.6) is 0 Å². The molecule has 1 saturated heterocycles. The number of nitrogens with one attached hydrogen (secondary N) is 1. The van der Waals surface area contributed by atoms with Crippen LogP contribution in [0.25, 0.3) is 10.9 Å². The van der Waals surface area contributed by atoms with Crippen molar-refractivity contribution in [1.82, 2.24) is 15.1 Å². The molecule has 2 aromatic heterocycles. The molecule has 29 heavy (non-hydrogen) atoms. The second-order valence-electron chi connectivity index (χ2n) is 7.39. The number of aryl methyl sites for hydroxylation is 1. The summed E-state index contributed by atoms with van der Waals surface area (Å²) in [6, 6.07) is 13.7. The Labute approximate surface area is 172 Å². The van der Waals surface area contributed by atoms with Crippen LogP contribution in [-0.2, 0) is 11.2 Å². The molecule has 0 saturated carbocycles. The monoisotopic (exact) mass is 406 g/mol. The summed E-state index contributed by atoms with van der Waals surface area (Å²) in [6.07, 6.45) is 2.86. The van der Waals surface area contributed by atoms with E-state index in [0.29, 0.717) is 36.1 Å². The number of benzene rings is 2. The van der Waals surface area contributed by atoms with Crippen molar-refractivity contribution in [2.24, 2.45) is 0 Å². The van der Waals surface area contributed by atoms with Gasteiger partial charge in [-0.15, -0.1) is 0 Å². The van der Waals surface area contributed by atoms with Gasteiger partial charge in [0.25, 0.3) is 0 Å². The lowest BCUT2D eigenvalue weighted by molar-refractivity contribution is -0.117. The van der Waals surface area contributed by atoms with E-state index in [-0.39, 0.29) is 11.8 Å². The molecule has 1 unspecified atom stereocenters. The summed E-state index contributed by atoms with van der Waals surface area (Å²) in [7, 11) is 0. The maximum absolute atomic E-state index is 12.6. The molecular formula is C22H19ClN4O2. The van der Waals surface area contributed by atoms with Crippen molar-refractivity contribution in [2.45, 2.75) is 25.7 Å². The van der Waals surface area contributed by atoms with Crippen LogP contribution >= 0.6 is 11.6 Å². The van der Waals surface area contributed by atoms with Crippen LogP contribution in [0, 0.1) is 6.92 Å². The van der Waals surface area contributed by atoms with Gasteiger partial charge in [-0.2, -0.15) is 4.98 Å². The molecule has 4 aromatic rings. The third-order valence-electron chi connectivity index (χ3n) is 5.45. The van der Waals surface area contributed by atoms with Crippen molar-refractivity contribution in [3.63, 3.8) is 0 Å². The van der Waals surface area contributed by atoms with Crippen LogP contribution in [-0.4, -0.2) is 27.6 Å². The van der Waals surface area contributed by atoms with Gasteiger partial charge >= 0.3 is 0 Å². The van der Waals surface area contributed by atoms with Gasteiger partial charge in [0.2, 0.25) is 11.8 Å². The fourth-order valence-electron chi connectivity index (χ4n) is 4.01. The highest BCUT2D eigenvalue weighted by molar-refractivity contribution is 6.34. The highest BCUT2D eigenvalue weighted by Gasteiger charge is 2.36. The number of H-pyrrole nitrogens is 1. The molecule has 0 aliphatic carbocycles.